The van der Waals surface area contributed by atoms with Crippen molar-refractivity contribution in [2.75, 3.05) is 20.3 Å². The lowest BCUT2D eigenvalue weighted by Gasteiger charge is -2.40. The van der Waals surface area contributed by atoms with Crippen molar-refractivity contribution < 1.29 is 23.8 Å². The lowest BCUT2D eigenvalue weighted by molar-refractivity contribution is -0.202. The van der Waals surface area contributed by atoms with Crippen LogP contribution in [0.5, 0.6) is 0 Å². The van der Waals surface area contributed by atoms with Crippen molar-refractivity contribution in [2.45, 2.75) is 5.60 Å². The molecule has 16 heavy (non-hydrogen) atoms. The molecule has 1 aromatic rings. The Kier molecular flexibility index (Phi) is 2.65. The topological polar surface area (TPSA) is 55.8 Å². The van der Waals surface area contributed by atoms with E-state index in [-0.39, 0.29) is 5.56 Å². The molecule has 0 spiro atoms. The highest BCUT2D eigenvalue weighted by Crippen LogP contribution is 2.33. The first-order valence-electron chi connectivity index (χ1n) is 4.75. The van der Waals surface area contributed by atoms with Gasteiger partial charge in [-0.1, -0.05) is 0 Å². The van der Waals surface area contributed by atoms with Crippen molar-refractivity contribution in [3.8, 4) is 0 Å². The first kappa shape index (κ1) is 11.0. The van der Waals surface area contributed by atoms with Crippen LogP contribution in [0.1, 0.15) is 15.9 Å². The molecule has 1 aliphatic heterocycles. The second kappa shape index (κ2) is 3.84. The van der Waals surface area contributed by atoms with Crippen LogP contribution in [0.2, 0.25) is 0 Å². The van der Waals surface area contributed by atoms with E-state index in [4.69, 9.17) is 14.6 Å². The summed E-state index contributed by atoms with van der Waals surface area (Å²) in [6, 6.07) is 3.67. The van der Waals surface area contributed by atoms with E-state index in [2.05, 4.69) is 0 Å². The molecule has 0 radical (unpaired) electrons. The summed E-state index contributed by atoms with van der Waals surface area (Å²) >= 11 is 0. The number of benzene rings is 1. The minimum atomic E-state index is -1.16. The van der Waals surface area contributed by atoms with Crippen LogP contribution in [-0.2, 0) is 15.1 Å². The Morgan fingerprint density at radius 3 is 2.62 bits per heavy atom. The highest BCUT2D eigenvalue weighted by molar-refractivity contribution is 5.87. The third kappa shape index (κ3) is 1.68. The van der Waals surface area contributed by atoms with Gasteiger partial charge < -0.3 is 14.6 Å². The Morgan fingerprint density at radius 1 is 1.50 bits per heavy atom. The van der Waals surface area contributed by atoms with Crippen molar-refractivity contribution in [3.05, 3.63) is 35.1 Å². The van der Waals surface area contributed by atoms with Crippen LogP contribution in [0.25, 0.3) is 0 Å². The molecule has 0 aliphatic carbocycles. The van der Waals surface area contributed by atoms with Crippen molar-refractivity contribution in [3.63, 3.8) is 0 Å². The lowest BCUT2D eigenvalue weighted by Crippen LogP contribution is -2.48. The van der Waals surface area contributed by atoms with Gasteiger partial charge in [-0.15, -0.1) is 0 Å². The highest BCUT2D eigenvalue weighted by atomic mass is 19.1. The van der Waals surface area contributed by atoms with Crippen LogP contribution in [-0.4, -0.2) is 31.4 Å². The number of hydrogen-bond acceptors (Lipinski definition) is 3. The molecule has 1 heterocycles. The maximum atomic E-state index is 13.3. The smallest absolute Gasteiger partial charge is 0.335 e. The van der Waals surface area contributed by atoms with Gasteiger partial charge in [-0.05, 0) is 23.8 Å². The van der Waals surface area contributed by atoms with Crippen LogP contribution >= 0.6 is 0 Å². The second-order valence-corrected chi connectivity index (χ2v) is 3.72. The number of aromatic carboxylic acids is 1. The van der Waals surface area contributed by atoms with Crippen molar-refractivity contribution in [1.29, 1.82) is 0 Å². The lowest BCUT2D eigenvalue weighted by atomic mass is 9.90. The van der Waals surface area contributed by atoms with Crippen LogP contribution in [0.15, 0.2) is 18.2 Å². The Labute approximate surface area is 91.6 Å². The predicted octanol–water partition coefficient (Wildman–Crippen LogP) is 1.40. The van der Waals surface area contributed by atoms with Gasteiger partial charge >= 0.3 is 5.97 Å². The molecular weight excluding hydrogens is 215 g/mol. The fraction of sp³-hybridized carbons (Fsp3) is 0.364. The minimum Gasteiger partial charge on any atom is -0.478 e. The molecule has 1 aromatic carbocycles. The Morgan fingerprint density at radius 2 is 2.19 bits per heavy atom. The Bertz CT molecular complexity index is 420. The normalized spacial score (nSPS) is 17.9. The SMILES string of the molecule is COC1(c2cc(F)cc(C(=O)O)c2)COC1. The third-order valence-corrected chi connectivity index (χ3v) is 2.73. The summed E-state index contributed by atoms with van der Waals surface area (Å²) in [6.45, 7) is 0.623. The van der Waals surface area contributed by atoms with E-state index in [1.54, 1.807) is 0 Å². The number of ether oxygens (including phenoxy) is 2. The van der Waals surface area contributed by atoms with Gasteiger partial charge in [0.2, 0.25) is 0 Å². The quantitative estimate of drug-likeness (QED) is 0.846. The zero-order valence-corrected chi connectivity index (χ0v) is 8.70. The molecule has 1 N–H and O–H groups in total. The van der Waals surface area contributed by atoms with Crippen LogP contribution in [0, 0.1) is 5.82 Å². The number of rotatable bonds is 3. The molecule has 0 amide bonds. The molecule has 4 nitrogen and oxygen atoms in total. The molecular formula is C11H11FO4. The van der Waals surface area contributed by atoms with Gasteiger partial charge in [0.25, 0.3) is 0 Å². The van der Waals surface area contributed by atoms with E-state index in [1.807, 2.05) is 0 Å². The van der Waals surface area contributed by atoms with Crippen molar-refractivity contribution in [1.82, 2.24) is 0 Å². The van der Waals surface area contributed by atoms with E-state index >= 15 is 0 Å². The standard InChI is InChI=1S/C11H11FO4/c1-15-11(5-16-6-11)8-2-7(10(13)14)3-9(12)4-8/h2-4H,5-6H2,1H3,(H,13,14). The minimum absolute atomic E-state index is 0.0849. The van der Waals surface area contributed by atoms with E-state index in [0.717, 1.165) is 6.07 Å². The maximum Gasteiger partial charge on any atom is 0.335 e. The molecule has 1 fully saturated rings. The van der Waals surface area contributed by atoms with E-state index in [0.29, 0.717) is 18.8 Å². The molecule has 0 atom stereocenters. The zero-order valence-electron chi connectivity index (χ0n) is 8.70. The molecule has 2 rings (SSSR count). The summed E-state index contributed by atoms with van der Waals surface area (Å²) in [4.78, 5) is 10.8. The van der Waals surface area contributed by atoms with Gasteiger partial charge in [0.1, 0.15) is 11.4 Å². The molecule has 1 saturated heterocycles. The van der Waals surface area contributed by atoms with Crippen LogP contribution in [0.4, 0.5) is 4.39 Å². The summed E-state index contributed by atoms with van der Waals surface area (Å²) < 4.78 is 23.5. The van der Waals surface area contributed by atoms with Crippen LogP contribution < -0.4 is 0 Å². The Hall–Kier alpha value is -1.46. The third-order valence-electron chi connectivity index (χ3n) is 2.73. The van der Waals surface area contributed by atoms with E-state index in [9.17, 15) is 9.18 Å². The molecule has 0 unspecified atom stereocenters. The fourth-order valence-corrected chi connectivity index (χ4v) is 1.67. The van der Waals surface area contributed by atoms with Gasteiger partial charge in [-0.25, -0.2) is 9.18 Å². The van der Waals surface area contributed by atoms with Gasteiger partial charge in [0.15, 0.2) is 0 Å². The summed E-state index contributed by atoms with van der Waals surface area (Å²) in [5.74, 6) is -1.74. The first-order valence-corrected chi connectivity index (χ1v) is 4.75. The molecule has 0 aromatic heterocycles. The molecule has 86 valence electrons. The van der Waals surface area contributed by atoms with E-state index in [1.165, 1.54) is 19.2 Å². The van der Waals surface area contributed by atoms with Crippen molar-refractivity contribution in [2.24, 2.45) is 0 Å². The fourth-order valence-electron chi connectivity index (χ4n) is 1.67. The number of carboxylic acids is 1. The summed E-state index contributed by atoms with van der Waals surface area (Å²) in [7, 11) is 1.49. The van der Waals surface area contributed by atoms with Crippen LogP contribution in [0.3, 0.4) is 0 Å². The van der Waals surface area contributed by atoms with E-state index < -0.39 is 17.4 Å². The maximum absolute atomic E-state index is 13.3. The van der Waals surface area contributed by atoms with Crippen molar-refractivity contribution >= 4 is 5.97 Å². The second-order valence-electron chi connectivity index (χ2n) is 3.72. The highest BCUT2D eigenvalue weighted by Gasteiger charge is 2.41. The van der Waals surface area contributed by atoms with Gasteiger partial charge in [0.05, 0.1) is 18.8 Å². The summed E-state index contributed by atoms with van der Waals surface area (Å²) in [5, 5.41) is 8.82. The average molecular weight is 226 g/mol. The average Bonchev–Trinajstić information content (AvgIpc) is 2.16. The van der Waals surface area contributed by atoms with Gasteiger partial charge in [0, 0.05) is 7.11 Å². The van der Waals surface area contributed by atoms with Gasteiger partial charge in [-0.2, -0.15) is 0 Å². The number of carboxylic acid groups (broad SMARTS) is 1. The molecule has 5 heteroatoms. The molecule has 0 bridgehead atoms. The summed E-state index contributed by atoms with van der Waals surface area (Å²) in [5.41, 5.74) is -0.288. The number of halogens is 1. The number of hydrogen-bond donors (Lipinski definition) is 1. The number of carbonyl (C=O) groups is 1. The Balaban J connectivity index is 2.44. The molecule has 1 aliphatic rings. The van der Waals surface area contributed by atoms with Gasteiger partial charge in [-0.3, -0.25) is 0 Å². The number of methoxy groups -OCH3 is 1. The molecule has 0 saturated carbocycles. The summed E-state index contributed by atoms with van der Waals surface area (Å²) in [6.07, 6.45) is 0. The zero-order chi connectivity index (χ0) is 11.8. The predicted molar refractivity (Wildman–Crippen MR) is 52.9 cm³/mol. The largest absolute Gasteiger partial charge is 0.478 e. The first-order chi connectivity index (χ1) is 7.57. The monoisotopic (exact) mass is 226 g/mol.